The summed E-state index contributed by atoms with van der Waals surface area (Å²) in [5.41, 5.74) is 2.37. The minimum absolute atomic E-state index is 0.0266. The third-order valence-electron chi connectivity index (χ3n) is 2.21. The molecule has 0 aliphatic rings. The Hall–Kier alpha value is -1.71. The van der Waals surface area contributed by atoms with Crippen LogP contribution in [0.2, 0.25) is 0 Å². The van der Waals surface area contributed by atoms with Crippen molar-refractivity contribution in [2.24, 2.45) is 7.05 Å². The Morgan fingerprint density at radius 2 is 2.21 bits per heavy atom. The topological polar surface area (TPSA) is 47.8 Å². The van der Waals surface area contributed by atoms with Crippen molar-refractivity contribution in [2.75, 3.05) is 0 Å². The van der Waals surface area contributed by atoms with Gasteiger partial charge >= 0.3 is 0 Å². The normalized spacial score (nSPS) is 10.8. The fourth-order valence-electron chi connectivity index (χ4n) is 1.51. The number of pyridine rings is 1. The van der Waals surface area contributed by atoms with Gasteiger partial charge in [0.15, 0.2) is 5.78 Å². The highest BCUT2D eigenvalue weighted by Gasteiger charge is 2.12. The number of carbonyl (C=O) groups is 1. The highest BCUT2D eigenvalue weighted by molar-refractivity contribution is 6.04. The molecule has 0 N–H and O–H groups in total. The molecule has 0 radical (unpaired) electrons. The highest BCUT2D eigenvalue weighted by Crippen LogP contribution is 2.17. The van der Waals surface area contributed by atoms with Crippen molar-refractivity contribution in [2.45, 2.75) is 13.8 Å². The summed E-state index contributed by atoms with van der Waals surface area (Å²) in [7, 11) is 1.83. The number of Topliss-reactive ketones (excluding diaryl/α,β-unsaturated/α-hetero) is 1. The number of hydrogen-bond donors (Lipinski definition) is 0. The molecule has 14 heavy (non-hydrogen) atoms. The van der Waals surface area contributed by atoms with Gasteiger partial charge in [-0.1, -0.05) is 0 Å². The van der Waals surface area contributed by atoms with Gasteiger partial charge in [-0.15, -0.1) is 0 Å². The lowest BCUT2D eigenvalue weighted by Gasteiger charge is -1.94. The van der Waals surface area contributed by atoms with Crippen LogP contribution in [-0.4, -0.2) is 20.5 Å². The molecule has 2 aromatic rings. The Morgan fingerprint density at radius 3 is 2.86 bits per heavy atom. The number of fused-ring (bicyclic) bond motifs is 1. The predicted octanol–water partition coefficient (Wildman–Crippen LogP) is 1.48. The first kappa shape index (κ1) is 8.87. The van der Waals surface area contributed by atoms with Gasteiger partial charge in [-0.3, -0.25) is 14.5 Å². The molecule has 0 spiro atoms. The summed E-state index contributed by atoms with van der Waals surface area (Å²) >= 11 is 0. The number of aryl methyl sites for hydroxylation is 2. The van der Waals surface area contributed by atoms with Crippen LogP contribution in [0.4, 0.5) is 0 Å². The van der Waals surface area contributed by atoms with E-state index in [1.54, 1.807) is 10.9 Å². The number of carbonyl (C=O) groups excluding carboxylic acids is 1. The quantitative estimate of drug-likeness (QED) is 0.638. The smallest absolute Gasteiger partial charge is 0.180 e. The maximum Gasteiger partial charge on any atom is 0.180 e. The average molecular weight is 189 g/mol. The van der Waals surface area contributed by atoms with Crippen molar-refractivity contribution in [3.63, 3.8) is 0 Å². The Morgan fingerprint density at radius 1 is 1.50 bits per heavy atom. The van der Waals surface area contributed by atoms with E-state index in [1.165, 1.54) is 6.92 Å². The third kappa shape index (κ3) is 1.19. The lowest BCUT2D eigenvalue weighted by Crippen LogP contribution is -1.95. The molecule has 0 bridgehead atoms. The minimum atomic E-state index is -0.0266. The summed E-state index contributed by atoms with van der Waals surface area (Å²) in [5, 5.41) is 4.98. The standard InChI is InChI=1S/C10H11N3O/c1-6-4-9-8(5-11-6)10(7(2)14)12-13(9)3/h4-5H,1-3H3. The van der Waals surface area contributed by atoms with Gasteiger partial charge in [0.25, 0.3) is 0 Å². The van der Waals surface area contributed by atoms with E-state index in [9.17, 15) is 4.79 Å². The fourth-order valence-corrected chi connectivity index (χ4v) is 1.51. The fraction of sp³-hybridized carbons (Fsp3) is 0.300. The molecular formula is C10H11N3O. The van der Waals surface area contributed by atoms with Crippen molar-refractivity contribution < 1.29 is 4.79 Å². The monoisotopic (exact) mass is 189 g/mol. The molecule has 72 valence electrons. The first-order valence-electron chi connectivity index (χ1n) is 4.40. The first-order valence-corrected chi connectivity index (χ1v) is 4.40. The van der Waals surface area contributed by atoms with E-state index in [-0.39, 0.29) is 5.78 Å². The first-order chi connectivity index (χ1) is 6.59. The summed E-state index contributed by atoms with van der Waals surface area (Å²) < 4.78 is 1.71. The van der Waals surface area contributed by atoms with Crippen LogP contribution in [0.1, 0.15) is 23.1 Å². The molecule has 0 aliphatic carbocycles. The van der Waals surface area contributed by atoms with E-state index in [1.807, 2.05) is 20.0 Å². The summed E-state index contributed by atoms with van der Waals surface area (Å²) in [6.45, 7) is 3.43. The Bertz CT molecular complexity index is 513. The minimum Gasteiger partial charge on any atom is -0.293 e. The SMILES string of the molecule is CC(=O)c1nn(C)c2cc(C)ncc12. The third-order valence-corrected chi connectivity index (χ3v) is 2.21. The van der Waals surface area contributed by atoms with Crippen LogP contribution in [0.5, 0.6) is 0 Å². The summed E-state index contributed by atoms with van der Waals surface area (Å²) in [6.07, 6.45) is 1.70. The molecule has 0 amide bonds. The molecule has 4 nitrogen and oxygen atoms in total. The van der Waals surface area contributed by atoms with Crippen LogP contribution in [0.15, 0.2) is 12.3 Å². The van der Waals surface area contributed by atoms with E-state index < -0.39 is 0 Å². The predicted molar refractivity (Wildman–Crippen MR) is 53.3 cm³/mol. The molecule has 0 saturated carbocycles. The van der Waals surface area contributed by atoms with E-state index in [2.05, 4.69) is 10.1 Å². The van der Waals surface area contributed by atoms with Gasteiger partial charge in [-0.2, -0.15) is 5.10 Å². The summed E-state index contributed by atoms with van der Waals surface area (Å²) in [6, 6.07) is 1.93. The van der Waals surface area contributed by atoms with E-state index in [0.29, 0.717) is 5.69 Å². The summed E-state index contributed by atoms with van der Waals surface area (Å²) in [4.78, 5) is 15.4. The number of hydrogen-bond acceptors (Lipinski definition) is 3. The number of nitrogens with zero attached hydrogens (tertiary/aromatic N) is 3. The molecule has 0 aliphatic heterocycles. The average Bonchev–Trinajstić information content (AvgIpc) is 2.44. The molecular weight excluding hydrogens is 178 g/mol. The lowest BCUT2D eigenvalue weighted by atomic mass is 10.2. The van der Waals surface area contributed by atoms with Crippen LogP contribution < -0.4 is 0 Å². The van der Waals surface area contributed by atoms with Crippen molar-refractivity contribution in [3.05, 3.63) is 23.7 Å². The second kappa shape index (κ2) is 2.90. The molecule has 0 aromatic carbocycles. The maximum atomic E-state index is 11.3. The van der Waals surface area contributed by atoms with Crippen molar-refractivity contribution >= 4 is 16.7 Å². The molecule has 0 atom stereocenters. The number of aromatic nitrogens is 3. The number of ketones is 1. The van der Waals surface area contributed by atoms with Crippen molar-refractivity contribution in [1.82, 2.24) is 14.8 Å². The van der Waals surface area contributed by atoms with Gasteiger partial charge in [-0.25, -0.2) is 0 Å². The van der Waals surface area contributed by atoms with Crippen LogP contribution in [0.3, 0.4) is 0 Å². The largest absolute Gasteiger partial charge is 0.293 e. The maximum absolute atomic E-state index is 11.3. The van der Waals surface area contributed by atoms with E-state index in [0.717, 1.165) is 16.6 Å². The van der Waals surface area contributed by atoms with E-state index >= 15 is 0 Å². The lowest BCUT2D eigenvalue weighted by molar-refractivity contribution is 0.101. The number of rotatable bonds is 1. The van der Waals surface area contributed by atoms with Crippen LogP contribution in [0, 0.1) is 6.92 Å². The second-order valence-corrected chi connectivity index (χ2v) is 3.37. The molecule has 2 heterocycles. The Balaban J connectivity index is 2.84. The van der Waals surface area contributed by atoms with Crippen molar-refractivity contribution in [3.8, 4) is 0 Å². The van der Waals surface area contributed by atoms with Gasteiger partial charge in [-0.05, 0) is 13.0 Å². The van der Waals surface area contributed by atoms with Gasteiger partial charge in [0, 0.05) is 31.2 Å². The van der Waals surface area contributed by atoms with E-state index in [4.69, 9.17) is 0 Å². The zero-order valence-corrected chi connectivity index (χ0v) is 8.40. The van der Waals surface area contributed by atoms with Gasteiger partial charge < -0.3 is 0 Å². The molecule has 0 saturated heterocycles. The van der Waals surface area contributed by atoms with Crippen LogP contribution in [0.25, 0.3) is 10.9 Å². The summed E-state index contributed by atoms with van der Waals surface area (Å²) in [5.74, 6) is -0.0266. The van der Waals surface area contributed by atoms with Gasteiger partial charge in [0.1, 0.15) is 5.69 Å². The van der Waals surface area contributed by atoms with Gasteiger partial charge in [0.2, 0.25) is 0 Å². The van der Waals surface area contributed by atoms with Gasteiger partial charge in [0.05, 0.1) is 5.52 Å². The molecule has 0 unspecified atom stereocenters. The zero-order chi connectivity index (χ0) is 10.3. The Kier molecular flexibility index (Phi) is 1.84. The molecule has 2 rings (SSSR count). The Labute approximate surface area is 81.6 Å². The molecule has 2 aromatic heterocycles. The van der Waals surface area contributed by atoms with Crippen LogP contribution in [-0.2, 0) is 7.05 Å². The second-order valence-electron chi connectivity index (χ2n) is 3.37. The molecule has 4 heteroatoms. The molecule has 0 fully saturated rings. The van der Waals surface area contributed by atoms with Crippen molar-refractivity contribution in [1.29, 1.82) is 0 Å². The van der Waals surface area contributed by atoms with Crippen LogP contribution >= 0.6 is 0 Å². The zero-order valence-electron chi connectivity index (χ0n) is 8.40. The highest BCUT2D eigenvalue weighted by atomic mass is 16.1.